The Morgan fingerprint density at radius 2 is 2.40 bits per heavy atom. The topological polar surface area (TPSA) is 24.5 Å². The quantitative estimate of drug-likeness (QED) is 0.539. The van der Waals surface area contributed by atoms with Crippen molar-refractivity contribution in [3.63, 3.8) is 0 Å². The number of likely N-dealkylation sites (N-methyl/N-ethyl adjacent to an activating group) is 2. The molecule has 3 nitrogen and oxygen atoms in total. The van der Waals surface area contributed by atoms with Gasteiger partial charge in [0.25, 0.3) is 0 Å². The lowest BCUT2D eigenvalue weighted by Crippen LogP contribution is -2.38. The molecule has 0 aromatic rings. The Balaban J connectivity index is 2.30. The molecule has 1 saturated heterocycles. The Labute approximate surface area is 62.3 Å². The van der Waals surface area contributed by atoms with Crippen molar-refractivity contribution in [1.29, 1.82) is 0 Å². The van der Waals surface area contributed by atoms with Crippen LogP contribution in [0.3, 0.4) is 0 Å². The summed E-state index contributed by atoms with van der Waals surface area (Å²) in [7, 11) is 4.10. The molecule has 0 aromatic heterocycles. The molecule has 60 valence electrons. The van der Waals surface area contributed by atoms with E-state index in [9.17, 15) is 0 Å². The number of hydrogen-bond donors (Lipinski definition) is 1. The van der Waals surface area contributed by atoms with Crippen LogP contribution in [0.15, 0.2) is 0 Å². The summed E-state index contributed by atoms with van der Waals surface area (Å²) in [6, 6.07) is 0.507. The zero-order valence-electron chi connectivity index (χ0n) is 6.76. The minimum Gasteiger partial charge on any atom is -0.378 e. The molecule has 0 spiro atoms. The van der Waals surface area contributed by atoms with Gasteiger partial charge in [0.05, 0.1) is 13.2 Å². The molecule has 1 fully saturated rings. The van der Waals surface area contributed by atoms with Gasteiger partial charge >= 0.3 is 0 Å². The SMILES string of the molecule is CNC1COCCN(C)C1. The molecule has 1 N–H and O–H groups in total. The van der Waals surface area contributed by atoms with E-state index < -0.39 is 0 Å². The summed E-state index contributed by atoms with van der Waals surface area (Å²) in [5.41, 5.74) is 0. The maximum absolute atomic E-state index is 5.36. The van der Waals surface area contributed by atoms with E-state index in [1.54, 1.807) is 0 Å². The van der Waals surface area contributed by atoms with Crippen molar-refractivity contribution in [2.24, 2.45) is 0 Å². The summed E-state index contributed by atoms with van der Waals surface area (Å²) in [5.74, 6) is 0. The fraction of sp³-hybridized carbons (Fsp3) is 1.00. The third kappa shape index (κ3) is 2.25. The lowest BCUT2D eigenvalue weighted by atomic mass is 10.3. The fourth-order valence-electron chi connectivity index (χ4n) is 1.14. The largest absolute Gasteiger partial charge is 0.378 e. The molecule has 3 heteroatoms. The van der Waals surface area contributed by atoms with Gasteiger partial charge in [0.15, 0.2) is 0 Å². The Morgan fingerprint density at radius 1 is 1.60 bits per heavy atom. The van der Waals surface area contributed by atoms with E-state index in [4.69, 9.17) is 4.74 Å². The summed E-state index contributed by atoms with van der Waals surface area (Å²) in [5, 5.41) is 3.21. The molecular formula is C7H16N2O. The Bertz CT molecular complexity index is 97.6. The van der Waals surface area contributed by atoms with Gasteiger partial charge in [0.2, 0.25) is 0 Å². The van der Waals surface area contributed by atoms with Crippen LogP contribution in [0.1, 0.15) is 0 Å². The summed E-state index contributed by atoms with van der Waals surface area (Å²) >= 11 is 0. The van der Waals surface area contributed by atoms with Crippen LogP contribution < -0.4 is 5.32 Å². The second-order valence-corrected chi connectivity index (χ2v) is 2.82. The lowest BCUT2D eigenvalue weighted by molar-refractivity contribution is 0.132. The maximum atomic E-state index is 5.36. The second kappa shape index (κ2) is 3.91. The second-order valence-electron chi connectivity index (χ2n) is 2.82. The highest BCUT2D eigenvalue weighted by Crippen LogP contribution is 1.95. The van der Waals surface area contributed by atoms with Crippen molar-refractivity contribution in [3.8, 4) is 0 Å². The Morgan fingerprint density at radius 3 is 3.10 bits per heavy atom. The van der Waals surface area contributed by atoms with E-state index in [0.29, 0.717) is 6.04 Å². The minimum absolute atomic E-state index is 0.507. The summed E-state index contributed by atoms with van der Waals surface area (Å²) < 4.78 is 5.36. The van der Waals surface area contributed by atoms with Gasteiger partial charge in [-0.05, 0) is 14.1 Å². The third-order valence-corrected chi connectivity index (χ3v) is 1.88. The van der Waals surface area contributed by atoms with Crippen LogP contribution in [0.25, 0.3) is 0 Å². The summed E-state index contributed by atoms with van der Waals surface area (Å²) in [4.78, 5) is 2.29. The standard InChI is InChI=1S/C7H16N2O/c1-8-7-5-9(2)3-4-10-6-7/h7-8H,3-6H2,1-2H3. The van der Waals surface area contributed by atoms with Gasteiger partial charge in [-0.15, -0.1) is 0 Å². The third-order valence-electron chi connectivity index (χ3n) is 1.88. The molecule has 0 radical (unpaired) electrons. The van der Waals surface area contributed by atoms with E-state index in [0.717, 1.165) is 26.3 Å². The van der Waals surface area contributed by atoms with Crippen molar-refractivity contribution >= 4 is 0 Å². The van der Waals surface area contributed by atoms with Crippen molar-refractivity contribution in [1.82, 2.24) is 10.2 Å². The van der Waals surface area contributed by atoms with Crippen LogP contribution in [-0.2, 0) is 4.74 Å². The highest BCUT2D eigenvalue weighted by molar-refractivity contribution is 4.70. The van der Waals surface area contributed by atoms with Gasteiger partial charge < -0.3 is 15.0 Å². The van der Waals surface area contributed by atoms with Gasteiger partial charge in [-0.25, -0.2) is 0 Å². The lowest BCUT2D eigenvalue weighted by Gasteiger charge is -2.17. The first-order valence-electron chi connectivity index (χ1n) is 3.76. The molecule has 1 aliphatic heterocycles. The summed E-state index contributed by atoms with van der Waals surface area (Å²) in [6.07, 6.45) is 0. The number of nitrogens with zero attached hydrogens (tertiary/aromatic N) is 1. The van der Waals surface area contributed by atoms with Gasteiger partial charge in [-0.1, -0.05) is 0 Å². The molecule has 1 heterocycles. The molecule has 0 amide bonds. The van der Waals surface area contributed by atoms with Crippen molar-refractivity contribution < 1.29 is 4.74 Å². The predicted molar refractivity (Wildman–Crippen MR) is 41.2 cm³/mol. The normalized spacial score (nSPS) is 30.0. The molecule has 0 aliphatic carbocycles. The molecule has 0 saturated carbocycles. The molecule has 1 rings (SSSR count). The number of ether oxygens (including phenoxy) is 1. The first-order valence-corrected chi connectivity index (χ1v) is 3.76. The van der Waals surface area contributed by atoms with Crippen LogP contribution in [0.4, 0.5) is 0 Å². The van der Waals surface area contributed by atoms with Crippen LogP contribution >= 0.6 is 0 Å². The van der Waals surface area contributed by atoms with E-state index in [1.165, 1.54) is 0 Å². The van der Waals surface area contributed by atoms with E-state index in [-0.39, 0.29) is 0 Å². The van der Waals surface area contributed by atoms with Gasteiger partial charge in [0.1, 0.15) is 0 Å². The number of hydrogen-bond acceptors (Lipinski definition) is 3. The van der Waals surface area contributed by atoms with E-state index >= 15 is 0 Å². The van der Waals surface area contributed by atoms with Crippen LogP contribution in [0, 0.1) is 0 Å². The number of rotatable bonds is 1. The zero-order chi connectivity index (χ0) is 7.40. The maximum Gasteiger partial charge on any atom is 0.0632 e. The van der Waals surface area contributed by atoms with E-state index in [2.05, 4.69) is 17.3 Å². The summed E-state index contributed by atoms with van der Waals surface area (Å²) in [6.45, 7) is 3.87. The minimum atomic E-state index is 0.507. The number of nitrogens with one attached hydrogen (secondary N) is 1. The van der Waals surface area contributed by atoms with Crippen molar-refractivity contribution in [2.45, 2.75) is 6.04 Å². The Hall–Kier alpha value is -0.120. The molecule has 1 aliphatic rings. The Kier molecular flexibility index (Phi) is 3.12. The molecule has 1 atom stereocenters. The smallest absolute Gasteiger partial charge is 0.0632 e. The first kappa shape index (κ1) is 7.98. The first-order chi connectivity index (χ1) is 4.83. The van der Waals surface area contributed by atoms with Crippen molar-refractivity contribution in [3.05, 3.63) is 0 Å². The molecule has 0 aromatic carbocycles. The molecule has 10 heavy (non-hydrogen) atoms. The highest BCUT2D eigenvalue weighted by atomic mass is 16.5. The zero-order valence-corrected chi connectivity index (χ0v) is 6.76. The fourth-order valence-corrected chi connectivity index (χ4v) is 1.14. The van der Waals surface area contributed by atoms with Gasteiger partial charge in [-0.2, -0.15) is 0 Å². The van der Waals surface area contributed by atoms with Gasteiger partial charge in [0, 0.05) is 19.1 Å². The average Bonchev–Trinajstić information content (AvgIpc) is 2.13. The van der Waals surface area contributed by atoms with Crippen LogP contribution in [0.2, 0.25) is 0 Å². The molecule has 0 bridgehead atoms. The van der Waals surface area contributed by atoms with Crippen molar-refractivity contribution in [2.75, 3.05) is 40.4 Å². The van der Waals surface area contributed by atoms with E-state index in [1.807, 2.05) is 7.05 Å². The average molecular weight is 144 g/mol. The van der Waals surface area contributed by atoms with Crippen LogP contribution in [0.5, 0.6) is 0 Å². The molecule has 1 unspecified atom stereocenters. The predicted octanol–water partition coefficient (Wildman–Crippen LogP) is -0.464. The van der Waals surface area contributed by atoms with Gasteiger partial charge in [-0.3, -0.25) is 0 Å². The monoisotopic (exact) mass is 144 g/mol. The molecular weight excluding hydrogens is 128 g/mol. The highest BCUT2D eigenvalue weighted by Gasteiger charge is 2.12. The van der Waals surface area contributed by atoms with Crippen LogP contribution in [-0.4, -0.2) is 51.3 Å².